The lowest BCUT2D eigenvalue weighted by Crippen LogP contribution is -2.12. The van der Waals surface area contributed by atoms with Crippen LogP contribution < -0.4 is 9.47 Å². The van der Waals surface area contributed by atoms with E-state index in [1.165, 1.54) is 4.68 Å². The first-order chi connectivity index (χ1) is 9.63. The highest BCUT2D eigenvalue weighted by Crippen LogP contribution is 2.25. The molecule has 0 unspecified atom stereocenters. The number of hydrogen-bond donors (Lipinski definition) is 1. The third kappa shape index (κ3) is 2.87. The summed E-state index contributed by atoms with van der Waals surface area (Å²) in [6, 6.07) is 7.31. The average Bonchev–Trinajstić information content (AvgIpc) is 2.81. The van der Waals surface area contributed by atoms with Crippen molar-refractivity contribution in [3.05, 3.63) is 35.7 Å². The Labute approximate surface area is 115 Å². The number of carboxylic acid groups (broad SMARTS) is 1. The van der Waals surface area contributed by atoms with Crippen LogP contribution in [0.3, 0.4) is 0 Å². The van der Waals surface area contributed by atoms with Crippen LogP contribution in [0.2, 0.25) is 0 Å². The van der Waals surface area contributed by atoms with E-state index in [2.05, 4.69) is 10.3 Å². The fourth-order valence-electron chi connectivity index (χ4n) is 1.75. The Morgan fingerprint density at radius 1 is 1.35 bits per heavy atom. The maximum Gasteiger partial charge on any atom is 0.358 e. The Bertz CT molecular complexity index is 609. The molecule has 0 aliphatic carbocycles. The van der Waals surface area contributed by atoms with E-state index in [-0.39, 0.29) is 5.69 Å². The monoisotopic (exact) mass is 277 g/mol. The molecule has 0 fully saturated rings. The minimum atomic E-state index is -1.08. The zero-order valence-corrected chi connectivity index (χ0v) is 11.2. The molecule has 1 aromatic carbocycles. The number of ether oxygens (including phenoxy) is 2. The molecule has 0 bridgehead atoms. The zero-order valence-electron chi connectivity index (χ0n) is 11.2. The first-order valence-corrected chi connectivity index (χ1v) is 6.02. The maximum absolute atomic E-state index is 10.9. The van der Waals surface area contributed by atoms with Gasteiger partial charge in [0.05, 0.1) is 19.3 Å². The summed E-state index contributed by atoms with van der Waals surface area (Å²) in [5, 5.41) is 16.3. The van der Waals surface area contributed by atoms with Crippen molar-refractivity contribution in [3.63, 3.8) is 0 Å². The number of carboxylic acids is 1. The molecule has 2 aromatic rings. The van der Waals surface area contributed by atoms with Gasteiger partial charge in [0.25, 0.3) is 0 Å². The molecule has 1 N–H and O–H groups in total. The molecule has 0 saturated carbocycles. The second kappa shape index (κ2) is 6.05. The summed E-state index contributed by atoms with van der Waals surface area (Å²) in [6.45, 7) is 2.40. The van der Waals surface area contributed by atoms with E-state index in [1.807, 2.05) is 12.1 Å². The molecular weight excluding hydrogens is 262 g/mol. The van der Waals surface area contributed by atoms with Gasteiger partial charge in [-0.05, 0) is 19.1 Å². The third-order valence-electron chi connectivity index (χ3n) is 2.81. The molecule has 1 aromatic heterocycles. The lowest BCUT2D eigenvalue weighted by atomic mass is 10.3. The summed E-state index contributed by atoms with van der Waals surface area (Å²) in [5.41, 5.74) is 0.461. The molecular formula is C13H15N3O4. The smallest absolute Gasteiger partial charge is 0.358 e. The predicted molar refractivity (Wildman–Crippen MR) is 70.2 cm³/mol. The van der Waals surface area contributed by atoms with Gasteiger partial charge in [0, 0.05) is 0 Å². The molecule has 0 saturated heterocycles. The van der Waals surface area contributed by atoms with E-state index >= 15 is 0 Å². The van der Waals surface area contributed by atoms with E-state index in [0.29, 0.717) is 30.3 Å². The van der Waals surface area contributed by atoms with Crippen molar-refractivity contribution in [1.82, 2.24) is 15.0 Å². The number of carbonyl (C=O) groups is 1. The van der Waals surface area contributed by atoms with Gasteiger partial charge in [0.15, 0.2) is 17.2 Å². The van der Waals surface area contributed by atoms with E-state index < -0.39 is 5.97 Å². The molecule has 0 aliphatic rings. The first-order valence-electron chi connectivity index (χ1n) is 6.02. The van der Waals surface area contributed by atoms with Crippen molar-refractivity contribution in [1.29, 1.82) is 0 Å². The Morgan fingerprint density at radius 3 is 2.65 bits per heavy atom. The SMILES string of the molecule is COc1ccccc1OCCn1nnc(C(=O)O)c1C. The number of aromatic nitrogens is 3. The topological polar surface area (TPSA) is 86.5 Å². The molecule has 0 amide bonds. The average molecular weight is 277 g/mol. The molecule has 0 atom stereocenters. The van der Waals surface area contributed by atoms with Gasteiger partial charge in [0.1, 0.15) is 6.61 Å². The van der Waals surface area contributed by atoms with Crippen molar-refractivity contribution in [3.8, 4) is 11.5 Å². The van der Waals surface area contributed by atoms with Crippen LogP contribution >= 0.6 is 0 Å². The second-order valence-electron chi connectivity index (χ2n) is 4.05. The molecule has 0 spiro atoms. The molecule has 0 radical (unpaired) electrons. The number of methoxy groups -OCH3 is 1. The van der Waals surface area contributed by atoms with Crippen LogP contribution in [-0.2, 0) is 6.54 Å². The Morgan fingerprint density at radius 2 is 2.05 bits per heavy atom. The fraction of sp³-hybridized carbons (Fsp3) is 0.308. The molecule has 1 heterocycles. The second-order valence-corrected chi connectivity index (χ2v) is 4.05. The Balaban J connectivity index is 1.98. The van der Waals surface area contributed by atoms with Gasteiger partial charge >= 0.3 is 5.97 Å². The maximum atomic E-state index is 10.9. The lowest BCUT2D eigenvalue weighted by molar-refractivity contribution is 0.0689. The summed E-state index contributed by atoms with van der Waals surface area (Å²) in [7, 11) is 1.57. The van der Waals surface area contributed by atoms with Crippen LogP contribution in [0.15, 0.2) is 24.3 Å². The molecule has 7 nitrogen and oxygen atoms in total. The Kier molecular flexibility index (Phi) is 4.19. The Hall–Kier alpha value is -2.57. The summed E-state index contributed by atoms with van der Waals surface area (Å²) >= 11 is 0. The highest BCUT2D eigenvalue weighted by Gasteiger charge is 2.14. The zero-order chi connectivity index (χ0) is 14.5. The highest BCUT2D eigenvalue weighted by molar-refractivity contribution is 5.86. The van der Waals surface area contributed by atoms with Crippen LogP contribution in [0.4, 0.5) is 0 Å². The minimum absolute atomic E-state index is 0.0395. The summed E-state index contributed by atoms with van der Waals surface area (Å²) in [6.07, 6.45) is 0. The third-order valence-corrected chi connectivity index (χ3v) is 2.81. The molecule has 0 aliphatic heterocycles. The van der Waals surface area contributed by atoms with Gasteiger partial charge in [-0.1, -0.05) is 17.3 Å². The summed E-state index contributed by atoms with van der Waals surface area (Å²) in [5.74, 6) is 0.194. The standard InChI is InChI=1S/C13H15N3O4/c1-9-12(13(17)18)14-15-16(9)7-8-20-11-6-4-3-5-10(11)19-2/h3-6H,7-8H2,1-2H3,(H,17,18). The van der Waals surface area contributed by atoms with E-state index in [4.69, 9.17) is 14.6 Å². The largest absolute Gasteiger partial charge is 0.493 e. The molecule has 7 heteroatoms. The highest BCUT2D eigenvalue weighted by atomic mass is 16.5. The molecule has 20 heavy (non-hydrogen) atoms. The van der Waals surface area contributed by atoms with Crippen LogP contribution in [-0.4, -0.2) is 39.8 Å². The van der Waals surface area contributed by atoms with E-state index in [9.17, 15) is 4.79 Å². The number of hydrogen-bond acceptors (Lipinski definition) is 5. The first kappa shape index (κ1) is 13.9. The van der Waals surface area contributed by atoms with Gasteiger partial charge in [-0.25, -0.2) is 9.48 Å². The normalized spacial score (nSPS) is 10.3. The number of benzene rings is 1. The van der Waals surface area contributed by atoms with Crippen molar-refractivity contribution in [2.45, 2.75) is 13.5 Å². The van der Waals surface area contributed by atoms with Gasteiger partial charge in [-0.3, -0.25) is 0 Å². The van der Waals surface area contributed by atoms with E-state index in [0.717, 1.165) is 0 Å². The van der Waals surface area contributed by atoms with Gasteiger partial charge in [0.2, 0.25) is 0 Å². The quantitative estimate of drug-likeness (QED) is 0.858. The van der Waals surface area contributed by atoms with Crippen molar-refractivity contribution in [2.75, 3.05) is 13.7 Å². The van der Waals surface area contributed by atoms with Crippen LogP contribution in [0.25, 0.3) is 0 Å². The number of para-hydroxylation sites is 2. The van der Waals surface area contributed by atoms with Gasteiger partial charge in [-0.15, -0.1) is 5.10 Å². The van der Waals surface area contributed by atoms with Gasteiger partial charge in [-0.2, -0.15) is 0 Å². The number of rotatable bonds is 6. The van der Waals surface area contributed by atoms with Crippen LogP contribution in [0.1, 0.15) is 16.2 Å². The van der Waals surface area contributed by atoms with Crippen LogP contribution in [0, 0.1) is 6.92 Å². The predicted octanol–water partition coefficient (Wildman–Crippen LogP) is 1.37. The van der Waals surface area contributed by atoms with Gasteiger partial charge < -0.3 is 14.6 Å². The molecule has 106 valence electrons. The van der Waals surface area contributed by atoms with Crippen LogP contribution in [0.5, 0.6) is 11.5 Å². The lowest BCUT2D eigenvalue weighted by Gasteiger charge is -2.10. The summed E-state index contributed by atoms with van der Waals surface area (Å²) < 4.78 is 12.3. The number of aromatic carboxylic acids is 1. The van der Waals surface area contributed by atoms with Crippen molar-refractivity contribution >= 4 is 5.97 Å². The summed E-state index contributed by atoms with van der Waals surface area (Å²) in [4.78, 5) is 10.9. The molecule has 2 rings (SSSR count). The van der Waals surface area contributed by atoms with Crippen molar-refractivity contribution in [2.24, 2.45) is 0 Å². The van der Waals surface area contributed by atoms with E-state index in [1.54, 1.807) is 26.2 Å². The fourth-order valence-corrected chi connectivity index (χ4v) is 1.75. The van der Waals surface area contributed by atoms with Crippen molar-refractivity contribution < 1.29 is 19.4 Å². The minimum Gasteiger partial charge on any atom is -0.493 e. The number of nitrogens with zero attached hydrogens (tertiary/aromatic N) is 3.